The van der Waals surface area contributed by atoms with Crippen LogP contribution in [0.4, 0.5) is 13.2 Å². The molecule has 1 aromatic carbocycles. The standard InChI is InChI=1S/C11H14F3NO/c1-5(2)11(16)10(15)6-3-8(13)9(14)4-7(6)12/h3-5,10-11,16H,15H2,1-2H3/t10-,11+/m0/s1. The first kappa shape index (κ1) is 13.0. The van der Waals surface area contributed by atoms with Crippen molar-refractivity contribution in [3.05, 3.63) is 35.1 Å². The summed E-state index contributed by atoms with van der Waals surface area (Å²) in [6, 6.07) is 0.0356. The van der Waals surface area contributed by atoms with E-state index in [2.05, 4.69) is 0 Å². The van der Waals surface area contributed by atoms with Gasteiger partial charge in [0.05, 0.1) is 12.1 Å². The molecule has 16 heavy (non-hydrogen) atoms. The number of rotatable bonds is 3. The van der Waals surface area contributed by atoms with Crippen molar-refractivity contribution in [1.29, 1.82) is 0 Å². The van der Waals surface area contributed by atoms with E-state index in [-0.39, 0.29) is 11.5 Å². The van der Waals surface area contributed by atoms with Crippen LogP contribution in [-0.4, -0.2) is 11.2 Å². The molecule has 90 valence electrons. The Morgan fingerprint density at radius 2 is 1.56 bits per heavy atom. The van der Waals surface area contributed by atoms with Crippen molar-refractivity contribution in [3.63, 3.8) is 0 Å². The number of hydrogen-bond donors (Lipinski definition) is 2. The van der Waals surface area contributed by atoms with Gasteiger partial charge in [-0.1, -0.05) is 13.8 Å². The molecule has 0 bridgehead atoms. The normalized spacial score (nSPS) is 15.2. The molecule has 2 nitrogen and oxygen atoms in total. The molecule has 0 fully saturated rings. The third-order valence-electron chi connectivity index (χ3n) is 2.45. The van der Waals surface area contributed by atoms with Gasteiger partial charge in [0.2, 0.25) is 0 Å². The van der Waals surface area contributed by atoms with E-state index >= 15 is 0 Å². The summed E-state index contributed by atoms with van der Waals surface area (Å²) in [6.07, 6.45) is -1.01. The van der Waals surface area contributed by atoms with Crippen molar-refractivity contribution >= 4 is 0 Å². The van der Waals surface area contributed by atoms with E-state index < -0.39 is 29.6 Å². The summed E-state index contributed by atoms with van der Waals surface area (Å²) in [5, 5.41) is 9.63. The SMILES string of the molecule is CC(C)[C@@H](O)[C@@H](N)c1cc(F)c(F)cc1F. The number of hydrogen-bond acceptors (Lipinski definition) is 2. The largest absolute Gasteiger partial charge is 0.391 e. The van der Waals surface area contributed by atoms with Gasteiger partial charge in [-0.15, -0.1) is 0 Å². The highest BCUT2D eigenvalue weighted by Crippen LogP contribution is 2.24. The summed E-state index contributed by atoms with van der Waals surface area (Å²) in [5.41, 5.74) is 5.36. The zero-order valence-corrected chi connectivity index (χ0v) is 9.05. The van der Waals surface area contributed by atoms with E-state index in [1.54, 1.807) is 13.8 Å². The number of nitrogens with two attached hydrogens (primary N) is 1. The van der Waals surface area contributed by atoms with Crippen LogP contribution in [0.2, 0.25) is 0 Å². The van der Waals surface area contributed by atoms with E-state index in [1.807, 2.05) is 0 Å². The van der Waals surface area contributed by atoms with Gasteiger partial charge < -0.3 is 10.8 Å². The van der Waals surface area contributed by atoms with Gasteiger partial charge in [0, 0.05) is 11.6 Å². The van der Waals surface area contributed by atoms with Crippen LogP contribution in [0.5, 0.6) is 0 Å². The first-order chi connectivity index (χ1) is 7.34. The van der Waals surface area contributed by atoms with E-state index in [9.17, 15) is 18.3 Å². The minimum Gasteiger partial charge on any atom is -0.391 e. The Morgan fingerprint density at radius 1 is 1.06 bits per heavy atom. The lowest BCUT2D eigenvalue weighted by Crippen LogP contribution is -2.31. The summed E-state index contributed by atoms with van der Waals surface area (Å²) in [6.45, 7) is 3.39. The summed E-state index contributed by atoms with van der Waals surface area (Å²) in [5.74, 6) is -3.61. The van der Waals surface area contributed by atoms with Crippen LogP contribution in [-0.2, 0) is 0 Å². The molecule has 0 saturated carbocycles. The van der Waals surface area contributed by atoms with Gasteiger partial charge in [0.1, 0.15) is 5.82 Å². The van der Waals surface area contributed by atoms with Crippen molar-refractivity contribution in [1.82, 2.24) is 0 Å². The molecule has 2 atom stereocenters. The maximum absolute atomic E-state index is 13.3. The quantitative estimate of drug-likeness (QED) is 0.785. The Labute approximate surface area is 91.9 Å². The molecule has 0 amide bonds. The summed E-state index contributed by atoms with van der Waals surface area (Å²) >= 11 is 0. The molecule has 0 heterocycles. The van der Waals surface area contributed by atoms with Gasteiger partial charge in [-0.3, -0.25) is 0 Å². The molecule has 1 rings (SSSR count). The molecular formula is C11H14F3NO. The molecule has 0 saturated heterocycles. The third kappa shape index (κ3) is 2.54. The first-order valence-corrected chi connectivity index (χ1v) is 4.92. The molecule has 5 heteroatoms. The van der Waals surface area contributed by atoms with Crippen molar-refractivity contribution in [2.75, 3.05) is 0 Å². The smallest absolute Gasteiger partial charge is 0.161 e. The molecule has 0 aliphatic carbocycles. The Kier molecular flexibility index (Phi) is 3.93. The fourth-order valence-corrected chi connectivity index (χ4v) is 1.39. The van der Waals surface area contributed by atoms with E-state index in [4.69, 9.17) is 5.73 Å². The van der Waals surface area contributed by atoms with Crippen LogP contribution in [0.3, 0.4) is 0 Å². The minimum absolute atomic E-state index is 0.206. The molecule has 0 aliphatic heterocycles. The maximum Gasteiger partial charge on any atom is 0.161 e. The van der Waals surface area contributed by atoms with Crippen LogP contribution < -0.4 is 5.73 Å². The average Bonchev–Trinajstić information content (AvgIpc) is 2.21. The van der Waals surface area contributed by atoms with Gasteiger partial charge in [0.25, 0.3) is 0 Å². The lowest BCUT2D eigenvalue weighted by molar-refractivity contribution is 0.0964. The van der Waals surface area contributed by atoms with Crippen LogP contribution in [0.25, 0.3) is 0 Å². The Hall–Kier alpha value is -1.07. The van der Waals surface area contributed by atoms with Gasteiger partial charge >= 0.3 is 0 Å². The summed E-state index contributed by atoms with van der Waals surface area (Å²) in [7, 11) is 0. The fraction of sp³-hybridized carbons (Fsp3) is 0.455. The summed E-state index contributed by atoms with van der Waals surface area (Å²) in [4.78, 5) is 0. The van der Waals surface area contributed by atoms with Crippen molar-refractivity contribution < 1.29 is 18.3 Å². The Bertz CT molecular complexity index is 382. The van der Waals surface area contributed by atoms with E-state index in [0.717, 1.165) is 0 Å². The average molecular weight is 233 g/mol. The van der Waals surface area contributed by atoms with Crippen LogP contribution >= 0.6 is 0 Å². The highest BCUT2D eigenvalue weighted by molar-refractivity contribution is 5.24. The van der Waals surface area contributed by atoms with Crippen molar-refractivity contribution in [3.8, 4) is 0 Å². The monoisotopic (exact) mass is 233 g/mol. The van der Waals surface area contributed by atoms with Gasteiger partial charge in [-0.2, -0.15) is 0 Å². The molecule has 3 N–H and O–H groups in total. The van der Waals surface area contributed by atoms with Gasteiger partial charge in [-0.25, -0.2) is 13.2 Å². The third-order valence-corrected chi connectivity index (χ3v) is 2.45. The second-order valence-electron chi connectivity index (χ2n) is 4.05. The fourth-order valence-electron chi connectivity index (χ4n) is 1.39. The second kappa shape index (κ2) is 4.84. The number of aliphatic hydroxyl groups excluding tert-OH is 1. The van der Waals surface area contributed by atoms with E-state index in [1.165, 1.54) is 0 Å². The first-order valence-electron chi connectivity index (χ1n) is 4.92. The van der Waals surface area contributed by atoms with Crippen molar-refractivity contribution in [2.45, 2.75) is 26.0 Å². The molecule has 1 aromatic rings. The lowest BCUT2D eigenvalue weighted by atomic mass is 9.94. The Balaban J connectivity index is 3.08. The highest BCUT2D eigenvalue weighted by atomic mass is 19.2. The van der Waals surface area contributed by atoms with Crippen LogP contribution in [0.15, 0.2) is 12.1 Å². The second-order valence-corrected chi connectivity index (χ2v) is 4.05. The maximum atomic E-state index is 13.3. The van der Waals surface area contributed by atoms with Gasteiger partial charge in [-0.05, 0) is 12.0 Å². The highest BCUT2D eigenvalue weighted by Gasteiger charge is 2.24. The van der Waals surface area contributed by atoms with Gasteiger partial charge in [0.15, 0.2) is 11.6 Å². The minimum atomic E-state index is -1.27. The predicted molar refractivity (Wildman–Crippen MR) is 54.1 cm³/mol. The topological polar surface area (TPSA) is 46.2 Å². The molecular weight excluding hydrogens is 219 g/mol. The Morgan fingerprint density at radius 3 is 2.06 bits per heavy atom. The number of halogens is 3. The molecule has 0 aliphatic rings. The zero-order chi connectivity index (χ0) is 12.5. The molecule has 0 spiro atoms. The lowest BCUT2D eigenvalue weighted by Gasteiger charge is -2.22. The van der Waals surface area contributed by atoms with Crippen molar-refractivity contribution in [2.24, 2.45) is 11.7 Å². The molecule has 0 aromatic heterocycles. The molecule has 0 unspecified atom stereocenters. The summed E-state index contributed by atoms with van der Waals surface area (Å²) < 4.78 is 38.9. The zero-order valence-electron chi connectivity index (χ0n) is 9.05. The number of benzene rings is 1. The molecule has 0 radical (unpaired) electrons. The predicted octanol–water partition coefficient (Wildman–Crippen LogP) is 2.12. The van der Waals surface area contributed by atoms with Crippen LogP contribution in [0.1, 0.15) is 25.5 Å². The van der Waals surface area contributed by atoms with E-state index in [0.29, 0.717) is 12.1 Å². The van der Waals surface area contributed by atoms with Crippen LogP contribution in [0, 0.1) is 23.4 Å². The number of aliphatic hydroxyl groups is 1.